The summed E-state index contributed by atoms with van der Waals surface area (Å²) in [7, 11) is 0. The van der Waals surface area contributed by atoms with Crippen LogP contribution in [0.25, 0.3) is 0 Å². The van der Waals surface area contributed by atoms with E-state index in [1.54, 1.807) is 0 Å². The van der Waals surface area contributed by atoms with Gasteiger partial charge in [-0.25, -0.2) is 5.90 Å². The van der Waals surface area contributed by atoms with E-state index in [0.717, 1.165) is 0 Å². The second kappa shape index (κ2) is 4.18. The summed E-state index contributed by atoms with van der Waals surface area (Å²) in [6.07, 6.45) is 0.0957. The van der Waals surface area contributed by atoms with E-state index in [2.05, 4.69) is 17.5 Å². The van der Waals surface area contributed by atoms with Crippen molar-refractivity contribution in [2.24, 2.45) is 11.8 Å². The van der Waals surface area contributed by atoms with Gasteiger partial charge >= 0.3 is 0 Å². The Kier molecular flexibility index (Phi) is 4.32. The number of nitrogens with two attached hydrogens (primary N) is 1. The molecule has 2 N–H and O–H groups in total. The lowest BCUT2D eigenvalue weighted by molar-refractivity contribution is 0.0388. The van der Waals surface area contributed by atoms with Crippen LogP contribution in [0.1, 0.15) is 13.8 Å². The number of hydrogen-bond donors (Lipinski definition) is 2. The highest BCUT2D eigenvalue weighted by Crippen LogP contribution is 2.04. The number of thiol groups is 1. The molecule has 50 valence electrons. The molecule has 0 aliphatic carbocycles. The first-order chi connectivity index (χ1) is 3.72. The molecule has 0 aromatic carbocycles. The molecule has 0 aromatic heterocycles. The fourth-order valence-corrected chi connectivity index (χ4v) is 0.919. The maximum absolute atomic E-state index is 4.94. The van der Waals surface area contributed by atoms with Crippen molar-refractivity contribution in [3.05, 3.63) is 0 Å². The van der Waals surface area contributed by atoms with Gasteiger partial charge < -0.3 is 4.84 Å². The van der Waals surface area contributed by atoms with Crippen LogP contribution >= 0.6 is 12.6 Å². The van der Waals surface area contributed by atoms with Gasteiger partial charge in [0, 0.05) is 5.75 Å². The van der Waals surface area contributed by atoms with E-state index in [1.165, 1.54) is 0 Å². The Bertz CT molecular complexity index is 54.4. The fraction of sp³-hybridized carbons (Fsp3) is 1.00. The lowest BCUT2D eigenvalue weighted by Gasteiger charge is -2.14. The topological polar surface area (TPSA) is 35.2 Å². The summed E-state index contributed by atoms with van der Waals surface area (Å²) in [6.45, 7) is 4.10. The highest BCUT2D eigenvalue weighted by Gasteiger charge is 2.08. The van der Waals surface area contributed by atoms with Crippen LogP contribution < -0.4 is 5.90 Å². The summed E-state index contributed by atoms with van der Waals surface area (Å²) in [5, 5.41) is 0. The molecule has 0 radical (unpaired) electrons. The molecular weight excluding hydrogens is 122 g/mol. The molecule has 0 bridgehead atoms. The lowest BCUT2D eigenvalue weighted by Crippen LogP contribution is -2.24. The van der Waals surface area contributed by atoms with Crippen LogP contribution in [-0.2, 0) is 4.84 Å². The Labute approximate surface area is 55.8 Å². The average molecular weight is 135 g/mol. The van der Waals surface area contributed by atoms with E-state index in [-0.39, 0.29) is 6.10 Å². The monoisotopic (exact) mass is 135 g/mol. The smallest absolute Gasteiger partial charge is 0.0897 e. The Morgan fingerprint density at radius 2 is 2.12 bits per heavy atom. The minimum atomic E-state index is 0.0957. The molecule has 0 spiro atoms. The molecule has 2 nitrogen and oxygen atoms in total. The quantitative estimate of drug-likeness (QED) is 0.444. The van der Waals surface area contributed by atoms with Crippen molar-refractivity contribution in [1.82, 2.24) is 0 Å². The van der Waals surface area contributed by atoms with Crippen molar-refractivity contribution in [3.63, 3.8) is 0 Å². The maximum Gasteiger partial charge on any atom is 0.0897 e. The van der Waals surface area contributed by atoms with Crippen molar-refractivity contribution in [2.75, 3.05) is 5.75 Å². The molecule has 0 rings (SSSR count). The van der Waals surface area contributed by atoms with Gasteiger partial charge in [-0.3, -0.25) is 0 Å². The molecule has 0 aliphatic rings. The summed E-state index contributed by atoms with van der Waals surface area (Å²) in [6, 6.07) is 0. The van der Waals surface area contributed by atoms with Gasteiger partial charge in [-0.15, -0.1) is 0 Å². The van der Waals surface area contributed by atoms with E-state index in [1.807, 2.05) is 13.8 Å². The highest BCUT2D eigenvalue weighted by molar-refractivity contribution is 7.80. The second-order valence-corrected chi connectivity index (χ2v) is 2.47. The van der Waals surface area contributed by atoms with E-state index in [4.69, 9.17) is 5.90 Å². The summed E-state index contributed by atoms with van der Waals surface area (Å²) >= 11 is 4.03. The van der Waals surface area contributed by atoms with Gasteiger partial charge in [-0.1, -0.05) is 13.8 Å². The van der Waals surface area contributed by atoms with Crippen LogP contribution in [-0.4, -0.2) is 11.9 Å². The fourth-order valence-electron chi connectivity index (χ4n) is 0.411. The Morgan fingerprint density at radius 3 is 2.12 bits per heavy atom. The highest BCUT2D eigenvalue weighted by atomic mass is 32.1. The first kappa shape index (κ1) is 8.27. The van der Waals surface area contributed by atoms with Crippen molar-refractivity contribution < 1.29 is 4.84 Å². The van der Waals surface area contributed by atoms with Gasteiger partial charge in [0.05, 0.1) is 6.10 Å². The normalized spacial score (nSPS) is 14.6. The summed E-state index contributed by atoms with van der Waals surface area (Å²) in [5.74, 6) is 6.08. The maximum atomic E-state index is 4.94. The first-order valence-electron chi connectivity index (χ1n) is 2.68. The van der Waals surface area contributed by atoms with Crippen LogP contribution in [0.15, 0.2) is 0 Å². The van der Waals surface area contributed by atoms with E-state index in [9.17, 15) is 0 Å². The van der Waals surface area contributed by atoms with Crippen molar-refractivity contribution in [1.29, 1.82) is 0 Å². The van der Waals surface area contributed by atoms with Crippen LogP contribution in [0.4, 0.5) is 0 Å². The molecule has 0 amide bonds. The van der Waals surface area contributed by atoms with Gasteiger partial charge in [0.2, 0.25) is 0 Å². The summed E-state index contributed by atoms with van der Waals surface area (Å²) in [4.78, 5) is 4.58. The minimum Gasteiger partial charge on any atom is -0.300 e. The van der Waals surface area contributed by atoms with Crippen LogP contribution in [0.2, 0.25) is 0 Å². The second-order valence-electron chi connectivity index (χ2n) is 2.10. The molecule has 0 saturated carbocycles. The first-order valence-corrected chi connectivity index (χ1v) is 3.32. The van der Waals surface area contributed by atoms with Gasteiger partial charge in [0.1, 0.15) is 0 Å². The predicted molar refractivity (Wildman–Crippen MR) is 37.8 cm³/mol. The summed E-state index contributed by atoms with van der Waals surface area (Å²) in [5.41, 5.74) is 0. The van der Waals surface area contributed by atoms with Gasteiger partial charge in [0.25, 0.3) is 0 Å². The average Bonchev–Trinajstić information content (AvgIpc) is 1.69. The van der Waals surface area contributed by atoms with Gasteiger partial charge in [-0.05, 0) is 5.92 Å². The molecule has 8 heavy (non-hydrogen) atoms. The molecule has 0 heterocycles. The zero-order chi connectivity index (χ0) is 6.57. The van der Waals surface area contributed by atoms with E-state index < -0.39 is 0 Å². The van der Waals surface area contributed by atoms with E-state index in [0.29, 0.717) is 11.7 Å². The lowest BCUT2D eigenvalue weighted by atomic mass is 10.1. The molecule has 0 aromatic rings. The van der Waals surface area contributed by atoms with Crippen molar-refractivity contribution >= 4 is 12.6 Å². The largest absolute Gasteiger partial charge is 0.300 e. The Morgan fingerprint density at radius 1 is 1.62 bits per heavy atom. The molecule has 1 unspecified atom stereocenters. The third-order valence-electron chi connectivity index (χ3n) is 1.10. The van der Waals surface area contributed by atoms with Crippen molar-refractivity contribution in [2.45, 2.75) is 20.0 Å². The number of rotatable bonds is 3. The third kappa shape index (κ3) is 2.55. The minimum absolute atomic E-state index is 0.0957. The zero-order valence-electron chi connectivity index (χ0n) is 5.29. The molecule has 0 fully saturated rings. The Balaban J connectivity index is 3.35. The molecular formula is C5H13NOS. The number of hydrogen-bond acceptors (Lipinski definition) is 3. The predicted octanol–water partition coefficient (Wildman–Crippen LogP) is 0.831. The van der Waals surface area contributed by atoms with Crippen LogP contribution in [0, 0.1) is 5.92 Å². The van der Waals surface area contributed by atoms with Crippen molar-refractivity contribution in [3.8, 4) is 0 Å². The summed E-state index contributed by atoms with van der Waals surface area (Å²) < 4.78 is 0. The van der Waals surface area contributed by atoms with Gasteiger partial charge in [0.15, 0.2) is 0 Å². The molecule has 0 saturated heterocycles. The Hall–Kier alpha value is 0.270. The van der Waals surface area contributed by atoms with Gasteiger partial charge in [-0.2, -0.15) is 12.6 Å². The van der Waals surface area contributed by atoms with Crippen LogP contribution in [0.5, 0.6) is 0 Å². The van der Waals surface area contributed by atoms with Crippen LogP contribution in [0.3, 0.4) is 0 Å². The molecule has 3 heteroatoms. The molecule has 0 aliphatic heterocycles. The zero-order valence-corrected chi connectivity index (χ0v) is 6.19. The van der Waals surface area contributed by atoms with E-state index >= 15 is 0 Å². The molecule has 1 atom stereocenters. The standard InChI is InChI=1S/C5H13NOS/c1-4(2)5(3-8)7-6/h4-5,8H,3,6H2,1-2H3. The third-order valence-corrected chi connectivity index (χ3v) is 1.46. The SMILES string of the molecule is CC(C)C(CS)ON.